The van der Waals surface area contributed by atoms with Gasteiger partial charge in [-0.2, -0.15) is 23.6 Å². The van der Waals surface area contributed by atoms with Gasteiger partial charge in [0.2, 0.25) is 0 Å². The molecule has 0 aromatic heterocycles. The van der Waals surface area contributed by atoms with Gasteiger partial charge in [-0.1, -0.05) is 45.0 Å². The van der Waals surface area contributed by atoms with Crippen LogP contribution in [0.5, 0.6) is 0 Å². The van der Waals surface area contributed by atoms with E-state index in [1.165, 1.54) is 37.7 Å². The Morgan fingerprint density at radius 3 is 2.00 bits per heavy atom. The molecule has 0 amide bonds. The molecule has 0 fully saturated rings. The zero-order chi connectivity index (χ0) is 17.8. The Morgan fingerprint density at radius 2 is 1.31 bits per heavy atom. The molecular weight excluding hydrogens is 581 g/mol. The van der Waals surface area contributed by atoms with Gasteiger partial charge in [0.1, 0.15) is 0 Å². The molecule has 0 heterocycles. The van der Waals surface area contributed by atoms with Crippen LogP contribution >= 0.6 is 8.58 Å². The summed E-state index contributed by atoms with van der Waals surface area (Å²) >= 11 is 0. The van der Waals surface area contributed by atoms with E-state index >= 15 is 0 Å². The Bertz CT molecular complexity index is 1080. The fourth-order valence-corrected chi connectivity index (χ4v) is 4.39. The summed E-state index contributed by atoms with van der Waals surface area (Å²) in [6.45, 7) is 2.19. The summed E-state index contributed by atoms with van der Waals surface area (Å²) in [5, 5.41) is 8.24. The summed E-state index contributed by atoms with van der Waals surface area (Å²) in [4.78, 5) is 0. The summed E-state index contributed by atoms with van der Waals surface area (Å²) in [5.74, 6) is 0. The summed E-state index contributed by atoms with van der Waals surface area (Å²) < 4.78 is 0. The van der Waals surface area contributed by atoms with Crippen LogP contribution in [0.1, 0.15) is 5.56 Å². The van der Waals surface area contributed by atoms with Gasteiger partial charge in [-0.15, -0.1) is 70.0 Å². The second-order valence-electron chi connectivity index (χ2n) is 6.47. The van der Waals surface area contributed by atoms with E-state index < -0.39 is 0 Å². The van der Waals surface area contributed by atoms with Gasteiger partial charge in [0, 0.05) is 0 Å². The summed E-state index contributed by atoms with van der Waals surface area (Å²) in [7, 11) is 0.759. The van der Waals surface area contributed by atoms with Gasteiger partial charge in [-0.05, 0) is 17.8 Å². The minimum Gasteiger partial charge on any atom is -1.00 e. The number of hydrogen-bond donors (Lipinski definition) is 0. The molecule has 0 N–H and O–H groups in total. The van der Waals surface area contributed by atoms with E-state index in [0.29, 0.717) is 0 Å². The van der Waals surface area contributed by atoms with Crippen LogP contribution in [0.2, 0.25) is 0 Å². The Kier molecular flexibility index (Phi) is 11.1. The number of aryl methyl sites for hydroxylation is 1. The number of hydrogen-bond acceptors (Lipinski definition) is 0. The summed E-state index contributed by atoms with van der Waals surface area (Å²) in [6, 6.07) is 36.5. The predicted octanol–water partition coefficient (Wildman–Crippen LogP) is 0.0606. The molecule has 0 saturated carbocycles. The zero-order valence-electron chi connectivity index (χ0n) is 16.1. The fourth-order valence-electron chi connectivity index (χ4n) is 3.16. The maximum Gasteiger partial charge on any atom is 4.00 e. The van der Waals surface area contributed by atoms with Crippen molar-refractivity contribution in [2.75, 3.05) is 0 Å². The number of halogens is 2. The Morgan fingerprint density at radius 1 is 0.690 bits per heavy atom. The first-order chi connectivity index (χ1) is 12.8. The van der Waals surface area contributed by atoms with Crippen LogP contribution in [-0.4, -0.2) is 0 Å². The summed E-state index contributed by atoms with van der Waals surface area (Å²) in [6.07, 6.45) is 0. The van der Waals surface area contributed by atoms with Gasteiger partial charge < -0.3 is 24.8 Å². The second kappa shape index (κ2) is 12.5. The molecule has 5 aromatic carbocycles. The van der Waals surface area contributed by atoms with Crippen LogP contribution in [0.4, 0.5) is 0 Å². The molecule has 0 nitrogen and oxygen atoms in total. The monoisotopic (exact) mass is 602 g/mol. The third-order valence-electron chi connectivity index (χ3n) is 4.59. The average Bonchev–Trinajstić information content (AvgIpc) is 3.30. The molecule has 0 radical (unpaired) electrons. The third kappa shape index (κ3) is 6.63. The molecule has 0 aliphatic carbocycles. The first-order valence-corrected chi connectivity index (χ1v) is 9.88. The van der Waals surface area contributed by atoms with Crippen molar-refractivity contribution in [2.45, 2.75) is 6.92 Å². The molecule has 5 aromatic rings. The predicted molar refractivity (Wildman–Crippen MR) is 118 cm³/mol. The third-order valence-corrected chi connectivity index (χ3v) is 6.00. The van der Waals surface area contributed by atoms with Crippen molar-refractivity contribution in [1.82, 2.24) is 0 Å². The Hall–Kier alpha value is -1.24. The Labute approximate surface area is 205 Å². The first-order valence-electron chi connectivity index (χ1n) is 8.88. The van der Waals surface area contributed by atoms with Gasteiger partial charge in [0.15, 0.2) is 0 Å². The standard InChI is InChI=1S/C16H14P.C9H7.2ClH.Hf/c1-12-6-2-5-9-16(12)17-15-10-13-7-3-4-8-14(13)11-15;1-2-5-9-7-3-6-8(9)4-1;;;/h2-11,17H,1H3;1-7H;2*1H;/q2*-1;;;+4/p-2. The zero-order valence-corrected chi connectivity index (χ0v) is 22.2. The molecule has 1 atom stereocenters. The summed E-state index contributed by atoms with van der Waals surface area (Å²) in [5.41, 5.74) is 1.39. The molecule has 0 aliphatic heterocycles. The van der Waals surface area contributed by atoms with Gasteiger partial charge in [0.25, 0.3) is 0 Å². The number of fused-ring (bicyclic) bond motifs is 2. The van der Waals surface area contributed by atoms with Crippen molar-refractivity contribution in [3.8, 4) is 0 Å². The SMILES string of the molecule is Cc1ccccc1Pc1cc2ccccc2[cH-]1.[Cl-].[Cl-].[Hf+4].c1ccc2[cH-]ccc2c1. The minimum absolute atomic E-state index is 0. The van der Waals surface area contributed by atoms with Gasteiger partial charge in [-0.3, -0.25) is 0 Å². The molecule has 29 heavy (non-hydrogen) atoms. The molecule has 1 unspecified atom stereocenters. The number of benzene rings is 3. The van der Waals surface area contributed by atoms with Crippen LogP contribution in [0.15, 0.2) is 103 Å². The minimum atomic E-state index is 0. The van der Waals surface area contributed by atoms with E-state index in [0.717, 1.165) is 8.58 Å². The average molecular weight is 602 g/mol. The normalized spacial score (nSPS) is 9.97. The topological polar surface area (TPSA) is 0 Å². The molecule has 4 heteroatoms. The van der Waals surface area contributed by atoms with E-state index in [4.69, 9.17) is 0 Å². The number of rotatable bonds is 2. The fraction of sp³-hybridized carbons (Fsp3) is 0.0400. The molecule has 0 aliphatic rings. The van der Waals surface area contributed by atoms with E-state index in [1.54, 1.807) is 0 Å². The van der Waals surface area contributed by atoms with E-state index in [-0.39, 0.29) is 50.7 Å². The first kappa shape index (κ1) is 25.8. The van der Waals surface area contributed by atoms with Crippen LogP contribution in [0.3, 0.4) is 0 Å². The quantitative estimate of drug-likeness (QED) is 0.153. The molecule has 0 bridgehead atoms. The van der Waals surface area contributed by atoms with Crippen LogP contribution in [0, 0.1) is 6.92 Å². The van der Waals surface area contributed by atoms with Crippen molar-refractivity contribution < 1.29 is 50.7 Å². The van der Waals surface area contributed by atoms with E-state index in [9.17, 15) is 0 Å². The maximum atomic E-state index is 2.31. The van der Waals surface area contributed by atoms with Crippen LogP contribution in [0.25, 0.3) is 21.5 Å². The van der Waals surface area contributed by atoms with Crippen LogP contribution < -0.4 is 35.4 Å². The molecule has 0 spiro atoms. The molecular formula is C25H21Cl2HfP. The van der Waals surface area contributed by atoms with Crippen LogP contribution in [-0.2, 0) is 25.8 Å². The molecule has 5 rings (SSSR count). The van der Waals surface area contributed by atoms with E-state index in [2.05, 4.69) is 110 Å². The van der Waals surface area contributed by atoms with Crippen molar-refractivity contribution in [3.63, 3.8) is 0 Å². The maximum absolute atomic E-state index is 2.31. The Balaban J connectivity index is 0.000000302. The van der Waals surface area contributed by atoms with E-state index in [1.807, 2.05) is 0 Å². The second-order valence-corrected chi connectivity index (χ2v) is 7.83. The molecule has 0 saturated heterocycles. The molecule has 144 valence electrons. The van der Waals surface area contributed by atoms with Gasteiger partial charge in [-0.25, -0.2) is 0 Å². The van der Waals surface area contributed by atoms with Crippen molar-refractivity contribution >= 4 is 40.7 Å². The smallest absolute Gasteiger partial charge is 1.00 e. The van der Waals surface area contributed by atoms with Gasteiger partial charge >= 0.3 is 25.8 Å². The largest absolute Gasteiger partial charge is 4.00 e. The van der Waals surface area contributed by atoms with Gasteiger partial charge in [0.05, 0.1) is 0 Å². The van der Waals surface area contributed by atoms with Crippen molar-refractivity contribution in [2.24, 2.45) is 0 Å². The van der Waals surface area contributed by atoms with Crippen molar-refractivity contribution in [3.05, 3.63) is 109 Å². The van der Waals surface area contributed by atoms with Crippen molar-refractivity contribution in [1.29, 1.82) is 0 Å².